The van der Waals surface area contributed by atoms with Crippen LogP contribution in [-0.4, -0.2) is 35.8 Å². The van der Waals surface area contributed by atoms with E-state index in [0.29, 0.717) is 24.9 Å². The van der Waals surface area contributed by atoms with Crippen molar-refractivity contribution in [2.24, 2.45) is 0 Å². The Balaban J connectivity index is 1.63. The van der Waals surface area contributed by atoms with E-state index in [4.69, 9.17) is 9.47 Å². The first kappa shape index (κ1) is 22.7. The van der Waals surface area contributed by atoms with Gasteiger partial charge in [-0.15, -0.1) is 0 Å². The predicted molar refractivity (Wildman–Crippen MR) is 120 cm³/mol. The van der Waals surface area contributed by atoms with Gasteiger partial charge in [-0.25, -0.2) is 4.79 Å². The molecule has 32 heavy (non-hydrogen) atoms. The minimum absolute atomic E-state index is 0.285. The second-order valence-electron chi connectivity index (χ2n) is 7.24. The van der Waals surface area contributed by atoms with E-state index in [2.05, 4.69) is 0 Å². The highest BCUT2D eigenvalue weighted by Crippen LogP contribution is 2.16. The summed E-state index contributed by atoms with van der Waals surface area (Å²) < 4.78 is 10.7. The highest BCUT2D eigenvalue weighted by atomic mass is 16.6. The number of hydrogen-bond donors (Lipinski definition) is 0. The summed E-state index contributed by atoms with van der Waals surface area (Å²) >= 11 is 0. The Morgan fingerprint density at radius 2 is 1.38 bits per heavy atom. The fourth-order valence-electron chi connectivity index (χ4n) is 3.20. The molecule has 0 fully saturated rings. The number of carbonyl (C=O) groups excluding carboxylic acids is 3. The first-order valence-corrected chi connectivity index (χ1v) is 10.3. The Kier molecular flexibility index (Phi) is 8.15. The van der Waals surface area contributed by atoms with Crippen molar-refractivity contribution in [3.63, 3.8) is 0 Å². The Bertz CT molecular complexity index is 995. The molecule has 6 nitrogen and oxygen atoms in total. The van der Waals surface area contributed by atoms with Crippen molar-refractivity contribution >= 4 is 18.2 Å². The molecule has 1 atom stereocenters. The first-order chi connectivity index (χ1) is 15.6. The molecule has 0 heterocycles. The van der Waals surface area contributed by atoms with Gasteiger partial charge in [-0.3, -0.25) is 9.59 Å². The molecular weight excluding hydrogens is 406 g/mol. The minimum Gasteiger partial charge on any atom is -0.481 e. The van der Waals surface area contributed by atoms with E-state index >= 15 is 0 Å². The molecule has 0 aliphatic heterocycles. The normalized spacial score (nSPS) is 11.3. The van der Waals surface area contributed by atoms with Gasteiger partial charge in [-0.05, 0) is 30.2 Å². The SMILES string of the molecule is CC(OC(=O)COc1ccccc1C=O)C(=O)N(Cc1ccccc1)Cc1ccccc1. The van der Waals surface area contributed by atoms with Crippen molar-refractivity contribution in [3.8, 4) is 5.75 Å². The zero-order valence-corrected chi connectivity index (χ0v) is 17.8. The standard InChI is InChI=1S/C26H25NO5/c1-20(32-25(29)19-31-24-15-9-8-14-23(24)18-28)26(30)27(16-21-10-4-2-5-11-21)17-22-12-6-3-7-13-22/h2-15,18,20H,16-17,19H2,1H3. The van der Waals surface area contributed by atoms with Gasteiger partial charge < -0.3 is 14.4 Å². The van der Waals surface area contributed by atoms with E-state index in [1.165, 1.54) is 0 Å². The molecule has 0 N–H and O–H groups in total. The molecule has 3 aromatic carbocycles. The molecule has 1 amide bonds. The van der Waals surface area contributed by atoms with Crippen LogP contribution in [0, 0.1) is 0 Å². The molecule has 6 heteroatoms. The first-order valence-electron chi connectivity index (χ1n) is 10.3. The van der Waals surface area contributed by atoms with Crippen molar-refractivity contribution in [1.29, 1.82) is 0 Å². The second-order valence-corrected chi connectivity index (χ2v) is 7.24. The highest BCUT2D eigenvalue weighted by molar-refractivity contribution is 5.84. The van der Waals surface area contributed by atoms with Gasteiger partial charge in [-0.1, -0.05) is 72.8 Å². The van der Waals surface area contributed by atoms with E-state index in [1.54, 1.807) is 36.1 Å². The third-order valence-corrected chi connectivity index (χ3v) is 4.79. The summed E-state index contributed by atoms with van der Waals surface area (Å²) in [6, 6.07) is 25.8. The van der Waals surface area contributed by atoms with Crippen molar-refractivity contribution < 1.29 is 23.9 Å². The van der Waals surface area contributed by atoms with Crippen LogP contribution < -0.4 is 4.74 Å². The summed E-state index contributed by atoms with van der Waals surface area (Å²) in [5, 5.41) is 0. The van der Waals surface area contributed by atoms with Crippen LogP contribution >= 0.6 is 0 Å². The summed E-state index contributed by atoms with van der Waals surface area (Å²) in [5.74, 6) is -0.710. The van der Waals surface area contributed by atoms with Crippen LogP contribution in [0.25, 0.3) is 0 Å². The number of para-hydroxylation sites is 1. The summed E-state index contributed by atoms with van der Waals surface area (Å²) in [6.07, 6.45) is -0.336. The predicted octanol–water partition coefficient (Wildman–Crippen LogP) is 4.04. The molecule has 0 radical (unpaired) electrons. The number of amides is 1. The Hall–Kier alpha value is -3.93. The number of esters is 1. The summed E-state index contributed by atoms with van der Waals surface area (Å²) in [7, 11) is 0. The zero-order chi connectivity index (χ0) is 22.8. The Morgan fingerprint density at radius 1 is 0.844 bits per heavy atom. The summed E-state index contributed by atoms with van der Waals surface area (Å²) in [5.41, 5.74) is 2.29. The number of benzene rings is 3. The molecule has 0 spiro atoms. The molecule has 164 valence electrons. The lowest BCUT2D eigenvalue weighted by molar-refractivity contribution is -0.161. The molecule has 0 aliphatic rings. The monoisotopic (exact) mass is 431 g/mol. The lowest BCUT2D eigenvalue weighted by Crippen LogP contribution is -2.39. The lowest BCUT2D eigenvalue weighted by atomic mass is 10.1. The molecule has 3 rings (SSSR count). The van der Waals surface area contributed by atoms with Gasteiger partial charge >= 0.3 is 5.97 Å². The zero-order valence-electron chi connectivity index (χ0n) is 17.8. The van der Waals surface area contributed by atoms with Gasteiger partial charge in [0, 0.05) is 13.1 Å². The Labute approximate surface area is 187 Å². The maximum Gasteiger partial charge on any atom is 0.344 e. The fraction of sp³-hybridized carbons (Fsp3) is 0.192. The topological polar surface area (TPSA) is 72.9 Å². The maximum absolute atomic E-state index is 13.1. The molecule has 0 saturated carbocycles. The van der Waals surface area contributed by atoms with Gasteiger partial charge in [0.15, 0.2) is 19.0 Å². The summed E-state index contributed by atoms with van der Waals surface area (Å²) in [6.45, 7) is 1.92. The molecule has 0 bridgehead atoms. The molecule has 3 aromatic rings. The number of aldehydes is 1. The number of nitrogens with zero attached hydrogens (tertiary/aromatic N) is 1. The van der Waals surface area contributed by atoms with Crippen LogP contribution in [0.4, 0.5) is 0 Å². The van der Waals surface area contributed by atoms with E-state index < -0.39 is 18.7 Å². The number of rotatable bonds is 10. The number of ether oxygens (including phenoxy) is 2. The average molecular weight is 431 g/mol. The number of carbonyl (C=O) groups is 3. The van der Waals surface area contributed by atoms with Crippen molar-refractivity contribution in [2.75, 3.05) is 6.61 Å². The minimum atomic E-state index is -0.986. The third kappa shape index (κ3) is 6.54. The van der Waals surface area contributed by atoms with Crippen molar-refractivity contribution in [2.45, 2.75) is 26.1 Å². The van der Waals surface area contributed by atoms with Crippen LogP contribution in [0.1, 0.15) is 28.4 Å². The molecule has 1 unspecified atom stereocenters. The fourth-order valence-corrected chi connectivity index (χ4v) is 3.20. The van der Waals surface area contributed by atoms with E-state index in [0.717, 1.165) is 11.1 Å². The largest absolute Gasteiger partial charge is 0.481 e. The van der Waals surface area contributed by atoms with Gasteiger partial charge in [0.1, 0.15) is 5.75 Å². The van der Waals surface area contributed by atoms with Crippen molar-refractivity contribution in [1.82, 2.24) is 4.90 Å². The van der Waals surface area contributed by atoms with Gasteiger partial charge in [0.25, 0.3) is 5.91 Å². The highest BCUT2D eigenvalue weighted by Gasteiger charge is 2.24. The quantitative estimate of drug-likeness (QED) is 0.358. The molecule has 0 aliphatic carbocycles. The van der Waals surface area contributed by atoms with Crippen molar-refractivity contribution in [3.05, 3.63) is 102 Å². The van der Waals surface area contributed by atoms with Gasteiger partial charge in [0.2, 0.25) is 0 Å². The molecule has 0 saturated heterocycles. The van der Waals surface area contributed by atoms with Gasteiger partial charge in [0.05, 0.1) is 5.56 Å². The van der Waals surface area contributed by atoms with E-state index in [9.17, 15) is 14.4 Å². The average Bonchev–Trinajstić information content (AvgIpc) is 2.83. The number of hydrogen-bond acceptors (Lipinski definition) is 5. The van der Waals surface area contributed by atoms with Crippen LogP contribution in [-0.2, 0) is 27.4 Å². The van der Waals surface area contributed by atoms with E-state index in [1.807, 2.05) is 60.7 Å². The second kappa shape index (κ2) is 11.5. The molecule has 0 aromatic heterocycles. The maximum atomic E-state index is 13.1. The summed E-state index contributed by atoms with van der Waals surface area (Å²) in [4.78, 5) is 38.1. The smallest absolute Gasteiger partial charge is 0.344 e. The van der Waals surface area contributed by atoms with Crippen LogP contribution in [0.2, 0.25) is 0 Å². The van der Waals surface area contributed by atoms with Gasteiger partial charge in [-0.2, -0.15) is 0 Å². The lowest BCUT2D eigenvalue weighted by Gasteiger charge is -2.26. The Morgan fingerprint density at radius 3 is 1.94 bits per heavy atom. The third-order valence-electron chi connectivity index (χ3n) is 4.79. The molecular formula is C26H25NO5. The van der Waals surface area contributed by atoms with E-state index in [-0.39, 0.29) is 11.7 Å². The van der Waals surface area contributed by atoms with Crippen LogP contribution in [0.15, 0.2) is 84.9 Å². The van der Waals surface area contributed by atoms with Crippen LogP contribution in [0.3, 0.4) is 0 Å². The van der Waals surface area contributed by atoms with Crippen LogP contribution in [0.5, 0.6) is 5.75 Å².